The SMILES string of the molecule is CN1CCC(N(C)C(=O)[C@@H](N)C(C)(C)C)CC1. The van der Waals surface area contributed by atoms with Crippen molar-refractivity contribution in [1.82, 2.24) is 9.80 Å². The Morgan fingerprint density at radius 2 is 1.82 bits per heavy atom. The summed E-state index contributed by atoms with van der Waals surface area (Å²) in [5.41, 5.74) is 5.86. The number of nitrogens with two attached hydrogens (primary N) is 1. The minimum atomic E-state index is -0.410. The average Bonchev–Trinajstić information content (AvgIpc) is 2.26. The predicted molar refractivity (Wildman–Crippen MR) is 70.7 cm³/mol. The number of carbonyl (C=O) groups is 1. The van der Waals surface area contributed by atoms with Gasteiger partial charge in [0.25, 0.3) is 0 Å². The van der Waals surface area contributed by atoms with Gasteiger partial charge < -0.3 is 15.5 Å². The van der Waals surface area contributed by atoms with Gasteiger partial charge in [0.15, 0.2) is 0 Å². The van der Waals surface area contributed by atoms with E-state index in [0.717, 1.165) is 25.9 Å². The molecule has 4 nitrogen and oxygen atoms in total. The monoisotopic (exact) mass is 241 g/mol. The molecule has 1 amide bonds. The highest BCUT2D eigenvalue weighted by atomic mass is 16.2. The first-order chi connectivity index (χ1) is 7.73. The summed E-state index contributed by atoms with van der Waals surface area (Å²) in [6.07, 6.45) is 2.10. The molecule has 1 aliphatic rings. The topological polar surface area (TPSA) is 49.6 Å². The summed E-state index contributed by atoms with van der Waals surface area (Å²) in [6, 6.07) is -0.0562. The molecule has 0 aromatic heterocycles. The predicted octanol–water partition coefficient (Wildman–Crippen LogP) is 0.912. The van der Waals surface area contributed by atoms with Crippen LogP contribution in [0.5, 0.6) is 0 Å². The number of amides is 1. The molecule has 2 N–H and O–H groups in total. The summed E-state index contributed by atoms with van der Waals surface area (Å²) in [5.74, 6) is 0.0760. The molecule has 1 aliphatic heterocycles. The molecular formula is C13H27N3O. The van der Waals surface area contributed by atoms with Crippen LogP contribution in [0, 0.1) is 5.41 Å². The quantitative estimate of drug-likeness (QED) is 0.782. The van der Waals surface area contributed by atoms with E-state index in [1.165, 1.54) is 0 Å². The van der Waals surface area contributed by atoms with Gasteiger partial charge in [-0.25, -0.2) is 0 Å². The summed E-state index contributed by atoms with van der Waals surface area (Å²) < 4.78 is 0. The summed E-state index contributed by atoms with van der Waals surface area (Å²) in [5, 5.41) is 0. The van der Waals surface area contributed by atoms with Crippen LogP contribution in [-0.4, -0.2) is 55.0 Å². The smallest absolute Gasteiger partial charge is 0.240 e. The zero-order chi connectivity index (χ0) is 13.2. The molecule has 0 aliphatic carbocycles. The number of hydrogen-bond donors (Lipinski definition) is 1. The molecule has 17 heavy (non-hydrogen) atoms. The number of rotatable bonds is 2. The first kappa shape index (κ1) is 14.5. The number of likely N-dealkylation sites (N-methyl/N-ethyl adjacent to an activating group) is 1. The second-order valence-corrected chi connectivity index (χ2v) is 6.33. The molecular weight excluding hydrogens is 214 g/mol. The van der Waals surface area contributed by atoms with Crippen molar-refractivity contribution in [3.63, 3.8) is 0 Å². The number of carbonyl (C=O) groups excluding carboxylic acids is 1. The standard InChI is InChI=1S/C13H27N3O/c1-13(2,3)11(14)12(17)16(5)10-6-8-15(4)9-7-10/h10-11H,6-9,14H2,1-5H3/t11-/m1/s1. The molecule has 0 radical (unpaired) electrons. The summed E-state index contributed by atoms with van der Waals surface area (Å²) >= 11 is 0. The lowest BCUT2D eigenvalue weighted by Gasteiger charge is -2.38. The van der Waals surface area contributed by atoms with Crippen molar-refractivity contribution < 1.29 is 4.79 Å². The normalized spacial score (nSPS) is 21.3. The molecule has 0 saturated carbocycles. The van der Waals surface area contributed by atoms with E-state index in [9.17, 15) is 4.79 Å². The van der Waals surface area contributed by atoms with Gasteiger partial charge in [0.1, 0.15) is 0 Å². The fourth-order valence-corrected chi connectivity index (χ4v) is 2.15. The number of piperidine rings is 1. The van der Waals surface area contributed by atoms with E-state index in [0.29, 0.717) is 6.04 Å². The third-order valence-corrected chi connectivity index (χ3v) is 3.78. The maximum absolute atomic E-state index is 12.3. The van der Waals surface area contributed by atoms with Gasteiger partial charge in [-0.2, -0.15) is 0 Å². The summed E-state index contributed by atoms with van der Waals surface area (Å²) in [7, 11) is 4.02. The van der Waals surface area contributed by atoms with E-state index in [2.05, 4.69) is 11.9 Å². The molecule has 0 spiro atoms. The van der Waals surface area contributed by atoms with Crippen LogP contribution in [0.4, 0.5) is 0 Å². The Hall–Kier alpha value is -0.610. The van der Waals surface area contributed by atoms with Gasteiger partial charge >= 0.3 is 0 Å². The van der Waals surface area contributed by atoms with Gasteiger partial charge in [0.05, 0.1) is 6.04 Å². The van der Waals surface area contributed by atoms with Gasteiger partial charge in [0, 0.05) is 13.1 Å². The molecule has 0 bridgehead atoms. The fourth-order valence-electron chi connectivity index (χ4n) is 2.15. The first-order valence-corrected chi connectivity index (χ1v) is 6.44. The largest absolute Gasteiger partial charge is 0.341 e. The second-order valence-electron chi connectivity index (χ2n) is 6.33. The molecule has 1 rings (SSSR count). The zero-order valence-corrected chi connectivity index (χ0v) is 11.9. The Morgan fingerprint density at radius 3 is 2.24 bits per heavy atom. The van der Waals surface area contributed by atoms with Crippen LogP contribution in [0.3, 0.4) is 0 Å². The Morgan fingerprint density at radius 1 is 1.35 bits per heavy atom. The van der Waals surface area contributed by atoms with Crippen molar-refractivity contribution in [3.05, 3.63) is 0 Å². The van der Waals surface area contributed by atoms with E-state index < -0.39 is 6.04 Å². The third-order valence-electron chi connectivity index (χ3n) is 3.78. The summed E-state index contributed by atoms with van der Waals surface area (Å²) in [6.45, 7) is 8.16. The number of hydrogen-bond acceptors (Lipinski definition) is 3. The molecule has 1 heterocycles. The van der Waals surface area contributed by atoms with Crippen molar-refractivity contribution in [1.29, 1.82) is 0 Å². The van der Waals surface area contributed by atoms with Crippen molar-refractivity contribution >= 4 is 5.91 Å². The Bertz CT molecular complexity index is 264. The molecule has 1 saturated heterocycles. The molecule has 0 unspecified atom stereocenters. The van der Waals surface area contributed by atoms with Gasteiger partial charge in [-0.15, -0.1) is 0 Å². The van der Waals surface area contributed by atoms with E-state index in [1.807, 2.05) is 32.7 Å². The van der Waals surface area contributed by atoms with Crippen LogP contribution >= 0.6 is 0 Å². The molecule has 100 valence electrons. The van der Waals surface area contributed by atoms with Crippen LogP contribution < -0.4 is 5.73 Å². The average molecular weight is 241 g/mol. The summed E-state index contributed by atoms with van der Waals surface area (Å²) in [4.78, 5) is 16.4. The van der Waals surface area contributed by atoms with Crippen LogP contribution in [0.1, 0.15) is 33.6 Å². The molecule has 1 atom stereocenters. The van der Waals surface area contributed by atoms with Gasteiger partial charge in [-0.3, -0.25) is 4.79 Å². The van der Waals surface area contributed by atoms with Gasteiger partial charge in [0.2, 0.25) is 5.91 Å². The fraction of sp³-hybridized carbons (Fsp3) is 0.923. The molecule has 0 aromatic carbocycles. The van der Waals surface area contributed by atoms with Gasteiger partial charge in [-0.1, -0.05) is 20.8 Å². The molecule has 0 aromatic rings. The van der Waals surface area contributed by atoms with E-state index in [-0.39, 0.29) is 11.3 Å². The maximum Gasteiger partial charge on any atom is 0.240 e. The maximum atomic E-state index is 12.3. The van der Waals surface area contributed by atoms with Crippen molar-refractivity contribution in [2.45, 2.75) is 45.7 Å². The first-order valence-electron chi connectivity index (χ1n) is 6.44. The Kier molecular flexibility index (Phi) is 4.55. The molecule has 1 fully saturated rings. The lowest BCUT2D eigenvalue weighted by molar-refractivity contribution is -0.136. The highest BCUT2D eigenvalue weighted by Gasteiger charge is 2.33. The van der Waals surface area contributed by atoms with Crippen molar-refractivity contribution in [2.24, 2.45) is 11.1 Å². The molecule has 4 heteroatoms. The van der Waals surface area contributed by atoms with Crippen LogP contribution in [-0.2, 0) is 4.79 Å². The van der Waals surface area contributed by atoms with E-state index >= 15 is 0 Å². The zero-order valence-electron chi connectivity index (χ0n) is 11.9. The van der Waals surface area contributed by atoms with Crippen molar-refractivity contribution in [3.8, 4) is 0 Å². The van der Waals surface area contributed by atoms with E-state index in [4.69, 9.17) is 5.73 Å². The van der Waals surface area contributed by atoms with Crippen LogP contribution in [0.2, 0.25) is 0 Å². The number of likely N-dealkylation sites (tertiary alicyclic amines) is 1. The third kappa shape index (κ3) is 3.68. The van der Waals surface area contributed by atoms with Gasteiger partial charge in [-0.05, 0) is 38.4 Å². The Labute approximate surface area is 105 Å². The lowest BCUT2D eigenvalue weighted by Crippen LogP contribution is -2.53. The van der Waals surface area contributed by atoms with Crippen LogP contribution in [0.15, 0.2) is 0 Å². The Balaban J connectivity index is 2.58. The van der Waals surface area contributed by atoms with Crippen LogP contribution in [0.25, 0.3) is 0 Å². The van der Waals surface area contributed by atoms with E-state index in [1.54, 1.807) is 0 Å². The van der Waals surface area contributed by atoms with Crippen molar-refractivity contribution in [2.75, 3.05) is 27.2 Å². The minimum absolute atomic E-state index is 0.0760. The second kappa shape index (κ2) is 5.36. The lowest BCUT2D eigenvalue weighted by atomic mass is 9.86. The minimum Gasteiger partial charge on any atom is -0.341 e. The highest BCUT2D eigenvalue weighted by Crippen LogP contribution is 2.21. The number of nitrogens with zero attached hydrogens (tertiary/aromatic N) is 2. The highest BCUT2D eigenvalue weighted by molar-refractivity contribution is 5.82.